The molecule has 0 amide bonds. The van der Waals surface area contributed by atoms with Gasteiger partial charge in [0, 0.05) is 0 Å². The fourth-order valence-electron chi connectivity index (χ4n) is 0.572. The molecule has 1 aliphatic rings. The van der Waals surface area contributed by atoms with Gasteiger partial charge in [-0.15, -0.1) is 0 Å². The first-order chi connectivity index (χ1) is 5.58. The Morgan fingerprint density at radius 1 is 1.08 bits per heavy atom. The van der Waals surface area contributed by atoms with Crippen LogP contribution in [0.25, 0.3) is 0 Å². The van der Waals surface area contributed by atoms with E-state index in [1.165, 1.54) is 0 Å². The van der Waals surface area contributed by atoms with Gasteiger partial charge in [0.15, 0.2) is 0 Å². The van der Waals surface area contributed by atoms with E-state index >= 15 is 0 Å². The fraction of sp³-hybridized carbons (Fsp3) is 1.00. The highest BCUT2D eigenvalue weighted by molar-refractivity contribution is 8.22. The number of halogens is 7. The number of thioether (sulfide) groups is 2. The van der Waals surface area contributed by atoms with Crippen LogP contribution >= 0.6 is 23.5 Å². The maximum Gasteiger partial charge on any atom is 0.442 e. The minimum atomic E-state index is -5.51. The molecule has 0 aromatic heterocycles. The quantitative estimate of drug-likeness (QED) is 0.599. The molecule has 0 aromatic carbocycles. The van der Waals surface area contributed by atoms with Crippen molar-refractivity contribution in [3.05, 3.63) is 0 Å². The van der Waals surface area contributed by atoms with Gasteiger partial charge in [0.05, 0.1) is 0 Å². The summed E-state index contributed by atoms with van der Waals surface area (Å²) in [7, 11) is 0. The average molecular weight is 246 g/mol. The van der Waals surface area contributed by atoms with Gasteiger partial charge in [0.25, 0.3) is 0 Å². The van der Waals surface area contributed by atoms with Gasteiger partial charge >= 0.3 is 15.8 Å². The Morgan fingerprint density at radius 2 is 1.54 bits per heavy atom. The molecule has 0 radical (unpaired) electrons. The summed E-state index contributed by atoms with van der Waals surface area (Å²) in [5, 5.41) is -4.34. The zero-order valence-electron chi connectivity index (χ0n) is 5.54. The van der Waals surface area contributed by atoms with Crippen molar-refractivity contribution in [1.82, 2.24) is 0 Å². The molecule has 0 N–H and O–H groups in total. The maximum atomic E-state index is 12.6. The zero-order valence-corrected chi connectivity index (χ0v) is 7.17. The van der Waals surface area contributed by atoms with E-state index in [9.17, 15) is 30.7 Å². The lowest BCUT2D eigenvalue weighted by atomic mass is 10.7. The predicted octanol–water partition coefficient (Wildman–Crippen LogP) is 3.54. The number of rotatable bonds is 0. The fourth-order valence-corrected chi connectivity index (χ4v) is 2.74. The molecule has 0 spiro atoms. The number of alkyl halides is 7. The minimum absolute atomic E-state index is 1.06. The first-order valence-corrected chi connectivity index (χ1v) is 4.44. The summed E-state index contributed by atoms with van der Waals surface area (Å²) >= 11 is -2.42. The van der Waals surface area contributed by atoms with E-state index in [4.69, 9.17) is 0 Å². The maximum absolute atomic E-state index is 12.6. The van der Waals surface area contributed by atoms with E-state index in [0.29, 0.717) is 0 Å². The Hall–Kier alpha value is 0.210. The second kappa shape index (κ2) is 2.85. The molecule has 1 heterocycles. The van der Waals surface area contributed by atoms with Crippen molar-refractivity contribution in [1.29, 1.82) is 0 Å². The van der Waals surface area contributed by atoms with Crippen molar-refractivity contribution in [3.8, 4) is 0 Å². The summed E-state index contributed by atoms with van der Waals surface area (Å²) in [6.45, 7) is 0. The molecular weight excluding hydrogens is 245 g/mol. The third kappa shape index (κ3) is 1.85. The Morgan fingerprint density at radius 3 is 1.69 bits per heavy atom. The predicted molar refractivity (Wildman–Crippen MR) is 34.9 cm³/mol. The van der Waals surface area contributed by atoms with Crippen LogP contribution < -0.4 is 0 Å². The Labute approximate surface area is 76.2 Å². The molecule has 0 saturated carbocycles. The molecular formula is C4HF7S2. The summed E-state index contributed by atoms with van der Waals surface area (Å²) < 4.78 is 80.2. The van der Waals surface area contributed by atoms with E-state index < -0.39 is 44.8 Å². The van der Waals surface area contributed by atoms with Crippen molar-refractivity contribution in [2.45, 2.75) is 21.3 Å². The molecule has 0 bridgehead atoms. The second-order valence-corrected chi connectivity index (χ2v) is 4.91. The van der Waals surface area contributed by atoms with E-state index in [1.807, 2.05) is 0 Å². The molecule has 0 aromatic rings. The SMILES string of the molecule is F[C@@H]1S[C@@](F)(C(F)(F)F)SC1(F)F. The van der Waals surface area contributed by atoms with Crippen LogP contribution in [0.2, 0.25) is 0 Å². The second-order valence-electron chi connectivity index (χ2n) is 2.13. The van der Waals surface area contributed by atoms with Crippen LogP contribution in [-0.2, 0) is 0 Å². The molecule has 0 unspecified atom stereocenters. The van der Waals surface area contributed by atoms with Crippen LogP contribution in [-0.4, -0.2) is 21.3 Å². The summed E-state index contributed by atoms with van der Waals surface area (Å²) in [4.78, 5) is 0. The Bertz CT molecular complexity index is 210. The Kier molecular flexibility index (Phi) is 2.47. The van der Waals surface area contributed by atoms with Crippen LogP contribution in [0.1, 0.15) is 0 Å². The van der Waals surface area contributed by atoms with Crippen LogP contribution in [0.4, 0.5) is 30.7 Å². The average Bonchev–Trinajstić information content (AvgIpc) is 2.01. The minimum Gasteiger partial charge on any atom is -0.228 e. The molecule has 1 fully saturated rings. The lowest BCUT2D eigenvalue weighted by Crippen LogP contribution is -2.32. The number of hydrogen-bond acceptors (Lipinski definition) is 2. The molecule has 1 saturated heterocycles. The molecule has 78 valence electrons. The molecule has 2 atom stereocenters. The van der Waals surface area contributed by atoms with Crippen LogP contribution in [0, 0.1) is 0 Å². The molecule has 9 heteroatoms. The van der Waals surface area contributed by atoms with Gasteiger partial charge in [-0.2, -0.15) is 22.0 Å². The van der Waals surface area contributed by atoms with Crippen LogP contribution in [0.15, 0.2) is 0 Å². The lowest BCUT2D eigenvalue weighted by molar-refractivity contribution is -0.165. The topological polar surface area (TPSA) is 0 Å². The van der Waals surface area contributed by atoms with E-state index in [-0.39, 0.29) is 0 Å². The molecule has 1 rings (SSSR count). The summed E-state index contributed by atoms with van der Waals surface area (Å²) in [5.41, 5.74) is -3.18. The third-order valence-electron chi connectivity index (χ3n) is 1.13. The number of hydrogen-bond donors (Lipinski definition) is 0. The highest BCUT2D eigenvalue weighted by Crippen LogP contribution is 2.66. The standard InChI is InChI=1S/C4HF7S2/c5-1-2(6,7)13-4(11,12-1)3(8,9)10/h1H/t1-,4+/m1/s1. The molecule has 1 aliphatic heterocycles. The largest absolute Gasteiger partial charge is 0.442 e. The summed E-state index contributed by atoms with van der Waals surface area (Å²) in [5.74, 6) is 0. The van der Waals surface area contributed by atoms with Gasteiger partial charge in [0.2, 0.25) is 5.50 Å². The van der Waals surface area contributed by atoms with E-state index in [0.717, 1.165) is 0 Å². The van der Waals surface area contributed by atoms with Gasteiger partial charge in [-0.25, -0.2) is 8.78 Å². The first kappa shape index (κ1) is 11.3. The normalized spacial score (nSPS) is 39.5. The van der Waals surface area contributed by atoms with Crippen LogP contribution in [0.5, 0.6) is 0 Å². The summed E-state index contributed by atoms with van der Waals surface area (Å²) in [6.07, 6.45) is -5.51. The van der Waals surface area contributed by atoms with Crippen molar-refractivity contribution in [3.63, 3.8) is 0 Å². The van der Waals surface area contributed by atoms with Crippen molar-refractivity contribution in [2.24, 2.45) is 0 Å². The van der Waals surface area contributed by atoms with Crippen molar-refractivity contribution in [2.75, 3.05) is 0 Å². The van der Waals surface area contributed by atoms with Gasteiger partial charge in [-0.05, 0) is 11.8 Å². The molecule has 13 heavy (non-hydrogen) atoms. The van der Waals surface area contributed by atoms with Gasteiger partial charge in [-0.3, -0.25) is 0 Å². The zero-order chi connectivity index (χ0) is 10.5. The lowest BCUT2D eigenvalue weighted by Gasteiger charge is -2.19. The molecule has 0 aliphatic carbocycles. The first-order valence-electron chi connectivity index (χ1n) is 2.74. The third-order valence-corrected chi connectivity index (χ3v) is 3.82. The van der Waals surface area contributed by atoms with E-state index in [1.54, 1.807) is 0 Å². The summed E-state index contributed by atoms with van der Waals surface area (Å²) in [6, 6.07) is 0. The monoisotopic (exact) mass is 246 g/mol. The van der Waals surface area contributed by atoms with Gasteiger partial charge < -0.3 is 0 Å². The highest BCUT2D eigenvalue weighted by atomic mass is 32.2. The highest BCUT2D eigenvalue weighted by Gasteiger charge is 2.71. The van der Waals surface area contributed by atoms with Crippen molar-refractivity contribution < 1.29 is 30.7 Å². The van der Waals surface area contributed by atoms with E-state index in [2.05, 4.69) is 0 Å². The van der Waals surface area contributed by atoms with Crippen molar-refractivity contribution >= 4 is 23.5 Å². The van der Waals surface area contributed by atoms with Crippen LogP contribution in [0.3, 0.4) is 0 Å². The molecule has 0 nitrogen and oxygen atoms in total. The van der Waals surface area contributed by atoms with Gasteiger partial charge in [0.1, 0.15) is 0 Å². The van der Waals surface area contributed by atoms with Gasteiger partial charge in [-0.1, -0.05) is 11.8 Å². The smallest absolute Gasteiger partial charge is 0.228 e. The Balaban J connectivity index is 2.89.